The molecule has 7 nitrogen and oxygen atoms in total. The molecule has 0 saturated carbocycles. The molecule has 0 unspecified atom stereocenters. The number of ether oxygens (including phenoxy) is 2. The number of hydrogen-bond donors (Lipinski definition) is 0. The van der Waals surface area contributed by atoms with E-state index in [0.29, 0.717) is 36.8 Å². The minimum Gasteiger partial charge on any atom is -0.481 e. The number of morpholine rings is 1. The van der Waals surface area contributed by atoms with Crippen LogP contribution in [0.1, 0.15) is 5.56 Å². The fraction of sp³-hybridized carbons (Fsp3) is 0.316. The van der Waals surface area contributed by atoms with Crippen molar-refractivity contribution in [3.05, 3.63) is 58.8 Å². The highest BCUT2D eigenvalue weighted by Crippen LogP contribution is 2.20. The average molecular weight is 352 g/mol. The SMILES string of the molecule is COc1ccc(-c2ccc3ncc(CN4CCOCC4)c(=O)n3c2)cn1. The van der Waals surface area contributed by atoms with Crippen molar-refractivity contribution in [2.45, 2.75) is 6.54 Å². The predicted molar refractivity (Wildman–Crippen MR) is 97.3 cm³/mol. The summed E-state index contributed by atoms with van der Waals surface area (Å²) in [5.41, 5.74) is 3.10. The van der Waals surface area contributed by atoms with E-state index < -0.39 is 0 Å². The average Bonchev–Trinajstić information content (AvgIpc) is 2.71. The lowest BCUT2D eigenvalue weighted by Crippen LogP contribution is -2.37. The van der Waals surface area contributed by atoms with E-state index in [1.807, 2.05) is 24.4 Å². The summed E-state index contributed by atoms with van der Waals surface area (Å²) in [6.45, 7) is 3.67. The fourth-order valence-corrected chi connectivity index (χ4v) is 3.07. The third-order valence-corrected chi connectivity index (χ3v) is 4.55. The van der Waals surface area contributed by atoms with Crippen molar-refractivity contribution in [3.8, 4) is 17.0 Å². The highest BCUT2D eigenvalue weighted by atomic mass is 16.5. The predicted octanol–water partition coefficient (Wildman–Crippen LogP) is 1.60. The molecule has 0 amide bonds. The van der Waals surface area contributed by atoms with Gasteiger partial charge in [-0.25, -0.2) is 9.97 Å². The third kappa shape index (κ3) is 3.31. The van der Waals surface area contributed by atoms with Gasteiger partial charge in [-0.3, -0.25) is 14.1 Å². The van der Waals surface area contributed by atoms with Gasteiger partial charge in [-0.2, -0.15) is 0 Å². The Kier molecular flexibility index (Phi) is 4.64. The summed E-state index contributed by atoms with van der Waals surface area (Å²) >= 11 is 0. The lowest BCUT2D eigenvalue weighted by Gasteiger charge is -2.26. The van der Waals surface area contributed by atoms with Gasteiger partial charge in [-0.15, -0.1) is 0 Å². The van der Waals surface area contributed by atoms with Crippen molar-refractivity contribution in [1.29, 1.82) is 0 Å². The molecular weight excluding hydrogens is 332 g/mol. The largest absolute Gasteiger partial charge is 0.481 e. The molecule has 4 rings (SSSR count). The van der Waals surface area contributed by atoms with E-state index in [1.165, 1.54) is 0 Å². The van der Waals surface area contributed by atoms with Gasteiger partial charge in [0.05, 0.1) is 25.9 Å². The normalized spacial score (nSPS) is 15.3. The summed E-state index contributed by atoms with van der Waals surface area (Å²) in [6, 6.07) is 7.50. The fourth-order valence-electron chi connectivity index (χ4n) is 3.07. The highest BCUT2D eigenvalue weighted by Gasteiger charge is 2.14. The molecule has 0 N–H and O–H groups in total. The van der Waals surface area contributed by atoms with E-state index in [0.717, 1.165) is 24.2 Å². The van der Waals surface area contributed by atoms with Gasteiger partial charge in [-0.1, -0.05) is 0 Å². The number of aromatic nitrogens is 3. The van der Waals surface area contributed by atoms with Crippen molar-refractivity contribution in [2.24, 2.45) is 0 Å². The smallest absolute Gasteiger partial charge is 0.262 e. The van der Waals surface area contributed by atoms with Gasteiger partial charge < -0.3 is 9.47 Å². The van der Waals surface area contributed by atoms with Crippen LogP contribution in [-0.2, 0) is 11.3 Å². The van der Waals surface area contributed by atoms with E-state index in [2.05, 4.69) is 14.9 Å². The summed E-state index contributed by atoms with van der Waals surface area (Å²) in [5.74, 6) is 0.557. The molecule has 4 heterocycles. The Morgan fingerprint density at radius 1 is 1.08 bits per heavy atom. The van der Waals surface area contributed by atoms with Crippen molar-refractivity contribution in [1.82, 2.24) is 19.3 Å². The van der Waals surface area contributed by atoms with Crippen molar-refractivity contribution in [2.75, 3.05) is 33.4 Å². The van der Waals surface area contributed by atoms with Crippen LogP contribution in [-0.4, -0.2) is 52.7 Å². The molecule has 1 aliphatic heterocycles. The second kappa shape index (κ2) is 7.23. The summed E-state index contributed by atoms with van der Waals surface area (Å²) in [5, 5.41) is 0. The van der Waals surface area contributed by atoms with Crippen molar-refractivity contribution < 1.29 is 9.47 Å². The van der Waals surface area contributed by atoms with Crippen LogP contribution in [0.25, 0.3) is 16.8 Å². The molecule has 0 spiro atoms. The Bertz CT molecular complexity index is 963. The van der Waals surface area contributed by atoms with E-state index in [9.17, 15) is 4.79 Å². The van der Waals surface area contributed by atoms with E-state index in [4.69, 9.17) is 9.47 Å². The number of fused-ring (bicyclic) bond motifs is 1. The number of hydrogen-bond acceptors (Lipinski definition) is 6. The van der Waals surface area contributed by atoms with Gasteiger partial charge >= 0.3 is 0 Å². The van der Waals surface area contributed by atoms with Crippen LogP contribution < -0.4 is 10.3 Å². The lowest BCUT2D eigenvalue weighted by atomic mass is 10.1. The zero-order valence-corrected chi connectivity index (χ0v) is 14.6. The maximum atomic E-state index is 12.9. The van der Waals surface area contributed by atoms with Crippen LogP contribution in [0, 0.1) is 0 Å². The van der Waals surface area contributed by atoms with Gasteiger partial charge in [0.1, 0.15) is 5.65 Å². The number of methoxy groups -OCH3 is 1. The molecule has 0 aliphatic carbocycles. The summed E-state index contributed by atoms with van der Waals surface area (Å²) < 4.78 is 12.1. The zero-order chi connectivity index (χ0) is 17.9. The Hall–Kier alpha value is -2.77. The molecule has 3 aromatic rings. The van der Waals surface area contributed by atoms with Crippen LogP contribution in [0.15, 0.2) is 47.7 Å². The molecule has 1 fully saturated rings. The molecule has 7 heteroatoms. The van der Waals surface area contributed by atoms with Crippen LogP contribution >= 0.6 is 0 Å². The van der Waals surface area contributed by atoms with Crippen LogP contribution in [0.4, 0.5) is 0 Å². The van der Waals surface area contributed by atoms with Gasteiger partial charge in [0.2, 0.25) is 5.88 Å². The Labute approximate surface area is 150 Å². The van der Waals surface area contributed by atoms with Crippen LogP contribution in [0.2, 0.25) is 0 Å². The quantitative estimate of drug-likeness (QED) is 0.710. The first-order chi connectivity index (χ1) is 12.7. The van der Waals surface area contributed by atoms with E-state index in [1.54, 1.807) is 30.0 Å². The first-order valence-electron chi connectivity index (χ1n) is 8.55. The van der Waals surface area contributed by atoms with Gasteiger partial charge in [-0.05, 0) is 18.2 Å². The number of pyridine rings is 2. The molecule has 0 atom stereocenters. The van der Waals surface area contributed by atoms with E-state index in [-0.39, 0.29) is 5.56 Å². The summed E-state index contributed by atoms with van der Waals surface area (Å²) in [4.78, 5) is 23.8. The second-order valence-electron chi connectivity index (χ2n) is 6.21. The van der Waals surface area contributed by atoms with Gasteiger partial charge in [0.15, 0.2) is 0 Å². The molecular formula is C19H20N4O3. The van der Waals surface area contributed by atoms with Gasteiger partial charge in [0, 0.05) is 55.4 Å². The highest BCUT2D eigenvalue weighted by molar-refractivity contribution is 5.64. The molecule has 3 aromatic heterocycles. The molecule has 134 valence electrons. The van der Waals surface area contributed by atoms with Crippen LogP contribution in [0.5, 0.6) is 5.88 Å². The number of nitrogens with zero attached hydrogens (tertiary/aromatic N) is 4. The monoisotopic (exact) mass is 352 g/mol. The second-order valence-corrected chi connectivity index (χ2v) is 6.21. The van der Waals surface area contributed by atoms with Gasteiger partial charge in [0.25, 0.3) is 5.56 Å². The Balaban J connectivity index is 1.69. The molecule has 1 aliphatic rings. The standard InChI is InChI=1S/C19H20N4O3/c1-25-18-5-3-14(10-21-18)15-2-4-17-20-11-16(19(24)23(17)13-15)12-22-6-8-26-9-7-22/h2-5,10-11,13H,6-9,12H2,1H3. The molecule has 0 radical (unpaired) electrons. The molecule has 0 bridgehead atoms. The Morgan fingerprint density at radius 3 is 2.62 bits per heavy atom. The molecule has 1 saturated heterocycles. The lowest BCUT2D eigenvalue weighted by molar-refractivity contribution is 0.0339. The number of rotatable bonds is 4. The third-order valence-electron chi connectivity index (χ3n) is 4.55. The van der Waals surface area contributed by atoms with Crippen LogP contribution in [0.3, 0.4) is 0 Å². The topological polar surface area (TPSA) is 69.0 Å². The first kappa shape index (κ1) is 16.7. The maximum absolute atomic E-state index is 12.9. The minimum atomic E-state index is -0.0372. The minimum absolute atomic E-state index is 0.0372. The molecule has 0 aromatic carbocycles. The molecule has 26 heavy (non-hydrogen) atoms. The summed E-state index contributed by atoms with van der Waals surface area (Å²) in [7, 11) is 1.58. The summed E-state index contributed by atoms with van der Waals surface area (Å²) in [6.07, 6.45) is 5.23. The Morgan fingerprint density at radius 2 is 1.88 bits per heavy atom. The maximum Gasteiger partial charge on any atom is 0.262 e. The van der Waals surface area contributed by atoms with Crippen molar-refractivity contribution >= 4 is 5.65 Å². The van der Waals surface area contributed by atoms with Crippen molar-refractivity contribution in [3.63, 3.8) is 0 Å². The van der Waals surface area contributed by atoms with E-state index >= 15 is 0 Å². The zero-order valence-electron chi connectivity index (χ0n) is 14.6. The first-order valence-corrected chi connectivity index (χ1v) is 8.55.